The van der Waals surface area contributed by atoms with Gasteiger partial charge < -0.3 is 14.9 Å². The average molecular weight is 377 g/mol. The summed E-state index contributed by atoms with van der Waals surface area (Å²) in [6.45, 7) is 1.58. The third-order valence-corrected chi connectivity index (χ3v) is 4.69. The first-order valence-electron chi connectivity index (χ1n) is 7.98. The molecule has 2 aromatic carbocycles. The summed E-state index contributed by atoms with van der Waals surface area (Å²) in [6, 6.07) is 18.9. The van der Waals surface area contributed by atoms with Crippen molar-refractivity contribution in [3.63, 3.8) is 0 Å². The molecule has 3 rings (SSSR count). The van der Waals surface area contributed by atoms with E-state index in [-0.39, 0.29) is 5.56 Å². The second kappa shape index (κ2) is 8.25. The standard InChI is InChI=1S/C20H15N3O3S/c1-13-18(12-22-26-13)19(24)17(11-21)20(25)23-14-7-9-16(10-8-14)27-15-5-3-2-4-6-15/h2-10,12,24H,1H3,(H,23,25)/b19-17-. The molecule has 0 atom stereocenters. The molecule has 6 nitrogen and oxygen atoms in total. The molecule has 0 aliphatic carbocycles. The van der Waals surface area contributed by atoms with Gasteiger partial charge in [-0.05, 0) is 43.3 Å². The van der Waals surface area contributed by atoms with Gasteiger partial charge in [0.2, 0.25) is 0 Å². The molecule has 0 saturated heterocycles. The van der Waals surface area contributed by atoms with Crippen LogP contribution in [0.3, 0.4) is 0 Å². The maximum absolute atomic E-state index is 12.4. The van der Waals surface area contributed by atoms with E-state index in [1.165, 1.54) is 6.20 Å². The number of hydrogen-bond acceptors (Lipinski definition) is 6. The molecule has 0 radical (unpaired) electrons. The number of anilines is 1. The lowest BCUT2D eigenvalue weighted by atomic mass is 10.1. The number of hydrogen-bond donors (Lipinski definition) is 2. The highest BCUT2D eigenvalue weighted by molar-refractivity contribution is 7.99. The Bertz CT molecular complexity index is 1020. The van der Waals surface area contributed by atoms with Crippen LogP contribution in [0.5, 0.6) is 0 Å². The minimum absolute atomic E-state index is 0.205. The van der Waals surface area contributed by atoms with Crippen molar-refractivity contribution in [2.24, 2.45) is 0 Å². The first-order chi connectivity index (χ1) is 13.1. The number of aryl methyl sites for hydroxylation is 1. The van der Waals surface area contributed by atoms with Gasteiger partial charge in [-0.2, -0.15) is 5.26 Å². The third-order valence-electron chi connectivity index (χ3n) is 3.67. The van der Waals surface area contributed by atoms with E-state index >= 15 is 0 Å². The number of aliphatic hydroxyl groups is 1. The fourth-order valence-electron chi connectivity index (χ4n) is 2.30. The van der Waals surface area contributed by atoms with Crippen LogP contribution < -0.4 is 5.32 Å². The lowest BCUT2D eigenvalue weighted by molar-refractivity contribution is -0.112. The van der Waals surface area contributed by atoms with Crippen LogP contribution in [-0.2, 0) is 4.79 Å². The monoisotopic (exact) mass is 377 g/mol. The van der Waals surface area contributed by atoms with Gasteiger partial charge in [0.15, 0.2) is 11.3 Å². The van der Waals surface area contributed by atoms with Gasteiger partial charge in [0.05, 0.1) is 11.8 Å². The fraction of sp³-hybridized carbons (Fsp3) is 0.0500. The second-order valence-electron chi connectivity index (χ2n) is 5.52. The molecule has 134 valence electrons. The number of carbonyl (C=O) groups excluding carboxylic acids is 1. The van der Waals surface area contributed by atoms with Gasteiger partial charge in [-0.1, -0.05) is 35.1 Å². The molecule has 0 unspecified atom stereocenters. The number of aromatic nitrogens is 1. The Hall–Kier alpha value is -3.50. The van der Waals surface area contributed by atoms with Crippen molar-refractivity contribution >= 4 is 29.1 Å². The van der Waals surface area contributed by atoms with Crippen molar-refractivity contribution < 1.29 is 14.4 Å². The van der Waals surface area contributed by atoms with Crippen LogP contribution in [0.25, 0.3) is 5.76 Å². The molecule has 0 spiro atoms. The van der Waals surface area contributed by atoms with E-state index in [0.717, 1.165) is 9.79 Å². The van der Waals surface area contributed by atoms with Gasteiger partial charge in [0.1, 0.15) is 11.8 Å². The lowest BCUT2D eigenvalue weighted by Crippen LogP contribution is -2.15. The lowest BCUT2D eigenvalue weighted by Gasteiger charge is -2.07. The number of aliphatic hydroxyl groups excluding tert-OH is 1. The third kappa shape index (κ3) is 4.37. The number of amides is 1. The Labute approximate surface area is 160 Å². The summed E-state index contributed by atoms with van der Waals surface area (Å²) in [5, 5.41) is 25.6. The van der Waals surface area contributed by atoms with E-state index in [0.29, 0.717) is 11.4 Å². The van der Waals surface area contributed by atoms with E-state index in [9.17, 15) is 15.2 Å². The van der Waals surface area contributed by atoms with Crippen LogP contribution in [0.4, 0.5) is 5.69 Å². The molecular formula is C20H15N3O3S. The topological polar surface area (TPSA) is 99.2 Å². The molecule has 0 saturated carbocycles. The molecule has 1 heterocycles. The van der Waals surface area contributed by atoms with Crippen LogP contribution in [0.15, 0.2) is 80.7 Å². The van der Waals surface area contributed by atoms with E-state index in [1.54, 1.807) is 36.9 Å². The SMILES string of the molecule is Cc1oncc1/C(O)=C(\C#N)C(=O)Nc1ccc(Sc2ccccc2)cc1. The zero-order valence-electron chi connectivity index (χ0n) is 14.3. The van der Waals surface area contributed by atoms with Crippen molar-refractivity contribution in [2.75, 3.05) is 5.32 Å². The first kappa shape index (κ1) is 18.3. The van der Waals surface area contributed by atoms with Gasteiger partial charge >= 0.3 is 0 Å². The normalized spacial score (nSPS) is 11.4. The summed E-state index contributed by atoms with van der Waals surface area (Å²) in [5.41, 5.74) is 0.306. The van der Waals surface area contributed by atoms with Crippen LogP contribution >= 0.6 is 11.8 Å². The summed E-state index contributed by atoms with van der Waals surface area (Å²) < 4.78 is 4.85. The first-order valence-corrected chi connectivity index (χ1v) is 8.79. The van der Waals surface area contributed by atoms with Crippen molar-refractivity contribution in [2.45, 2.75) is 16.7 Å². The Morgan fingerprint density at radius 2 is 1.81 bits per heavy atom. The second-order valence-corrected chi connectivity index (χ2v) is 6.67. The molecule has 2 N–H and O–H groups in total. The zero-order valence-corrected chi connectivity index (χ0v) is 15.2. The molecular weight excluding hydrogens is 362 g/mol. The van der Waals surface area contributed by atoms with E-state index in [1.807, 2.05) is 42.5 Å². The molecule has 0 fully saturated rings. The summed E-state index contributed by atoms with van der Waals surface area (Å²) in [6.07, 6.45) is 1.25. The average Bonchev–Trinajstić information content (AvgIpc) is 3.10. The van der Waals surface area contributed by atoms with Crippen molar-refractivity contribution in [1.82, 2.24) is 5.16 Å². The van der Waals surface area contributed by atoms with Gasteiger partial charge in [-0.25, -0.2) is 0 Å². The van der Waals surface area contributed by atoms with E-state index in [2.05, 4.69) is 10.5 Å². The van der Waals surface area contributed by atoms with E-state index < -0.39 is 17.2 Å². The molecule has 0 aliphatic rings. The summed E-state index contributed by atoms with van der Waals surface area (Å²) in [4.78, 5) is 14.5. The highest BCUT2D eigenvalue weighted by atomic mass is 32.2. The van der Waals surface area contributed by atoms with Gasteiger partial charge in [-0.3, -0.25) is 4.79 Å². The number of carbonyl (C=O) groups is 1. The minimum atomic E-state index is -0.709. The van der Waals surface area contributed by atoms with Crippen molar-refractivity contribution in [3.8, 4) is 6.07 Å². The maximum Gasteiger partial charge on any atom is 0.270 e. The zero-order chi connectivity index (χ0) is 19.2. The maximum atomic E-state index is 12.4. The molecule has 0 bridgehead atoms. The smallest absolute Gasteiger partial charge is 0.270 e. The largest absolute Gasteiger partial charge is 0.506 e. The minimum Gasteiger partial charge on any atom is -0.506 e. The van der Waals surface area contributed by atoms with Crippen LogP contribution in [0.2, 0.25) is 0 Å². The quantitative estimate of drug-likeness (QED) is 0.384. The molecule has 7 heteroatoms. The summed E-state index contributed by atoms with van der Waals surface area (Å²) >= 11 is 1.60. The molecule has 27 heavy (non-hydrogen) atoms. The molecule has 0 aliphatic heterocycles. The van der Waals surface area contributed by atoms with Crippen LogP contribution in [0, 0.1) is 18.3 Å². The Morgan fingerprint density at radius 1 is 1.15 bits per heavy atom. The van der Waals surface area contributed by atoms with Crippen LogP contribution in [-0.4, -0.2) is 16.2 Å². The van der Waals surface area contributed by atoms with Gasteiger partial charge in [0.25, 0.3) is 5.91 Å². The molecule has 1 aromatic heterocycles. The Morgan fingerprint density at radius 3 is 2.41 bits per heavy atom. The number of nitriles is 1. The highest BCUT2D eigenvalue weighted by Crippen LogP contribution is 2.28. The van der Waals surface area contributed by atoms with Gasteiger partial charge in [-0.15, -0.1) is 0 Å². The highest BCUT2D eigenvalue weighted by Gasteiger charge is 2.20. The number of benzene rings is 2. The molecule has 3 aromatic rings. The Balaban J connectivity index is 1.73. The van der Waals surface area contributed by atoms with Crippen LogP contribution in [0.1, 0.15) is 11.3 Å². The predicted octanol–water partition coefficient (Wildman–Crippen LogP) is 4.57. The number of nitrogens with zero attached hydrogens (tertiary/aromatic N) is 2. The number of rotatable bonds is 5. The van der Waals surface area contributed by atoms with Crippen molar-refractivity contribution in [1.29, 1.82) is 5.26 Å². The number of nitrogens with one attached hydrogen (secondary N) is 1. The van der Waals surface area contributed by atoms with Crippen molar-refractivity contribution in [3.05, 3.63) is 77.7 Å². The predicted molar refractivity (Wildman–Crippen MR) is 102 cm³/mol. The molecule has 1 amide bonds. The summed E-state index contributed by atoms with van der Waals surface area (Å²) in [5.74, 6) is -0.862. The fourth-order valence-corrected chi connectivity index (χ4v) is 3.13. The Kier molecular flexibility index (Phi) is 5.59. The van der Waals surface area contributed by atoms with Gasteiger partial charge in [0, 0.05) is 15.5 Å². The van der Waals surface area contributed by atoms with E-state index in [4.69, 9.17) is 4.52 Å². The summed E-state index contributed by atoms with van der Waals surface area (Å²) in [7, 11) is 0.